The molecular weight excluding hydrogens is 320 g/mol. The molecule has 0 radical (unpaired) electrons. The first kappa shape index (κ1) is 16.2. The molecule has 0 amide bonds. The number of aromatic nitrogens is 1. The largest absolute Gasteiger partial charge is 0.495 e. The lowest BCUT2D eigenvalue weighted by molar-refractivity contribution is 0.419. The molecule has 4 aromatic rings. The van der Waals surface area contributed by atoms with Crippen LogP contribution in [0.1, 0.15) is 11.1 Å². The van der Waals surface area contributed by atoms with E-state index in [1.54, 1.807) is 7.11 Å². The number of benzene rings is 3. The van der Waals surface area contributed by atoms with Gasteiger partial charge in [-0.1, -0.05) is 72.8 Å². The zero-order valence-corrected chi connectivity index (χ0v) is 14.6. The van der Waals surface area contributed by atoms with Crippen molar-refractivity contribution in [3.8, 4) is 17.0 Å². The Kier molecular flexibility index (Phi) is 4.52. The summed E-state index contributed by atoms with van der Waals surface area (Å²) < 4.78 is 5.53. The van der Waals surface area contributed by atoms with Crippen molar-refractivity contribution in [3.63, 3.8) is 0 Å². The van der Waals surface area contributed by atoms with E-state index in [9.17, 15) is 0 Å². The van der Waals surface area contributed by atoms with Gasteiger partial charge in [-0.05, 0) is 17.2 Å². The maximum absolute atomic E-state index is 5.53. The standard InChI is InChI=1S/C23H20N2O/c1-26-21-14-8-13-19-20(16-24-15-17-9-4-2-5-10-17)22(25-23(19)21)18-11-6-3-7-12-18/h2-14,16,25H,15H2,1H3. The molecule has 0 unspecified atom stereocenters. The van der Waals surface area contributed by atoms with Crippen molar-refractivity contribution in [2.45, 2.75) is 6.54 Å². The molecule has 26 heavy (non-hydrogen) atoms. The molecule has 1 aromatic heterocycles. The molecule has 0 aliphatic carbocycles. The van der Waals surface area contributed by atoms with Gasteiger partial charge in [0.25, 0.3) is 0 Å². The van der Waals surface area contributed by atoms with Gasteiger partial charge in [0.1, 0.15) is 5.75 Å². The summed E-state index contributed by atoms with van der Waals surface area (Å²) in [6, 6.07) is 26.7. The highest BCUT2D eigenvalue weighted by Gasteiger charge is 2.14. The maximum atomic E-state index is 5.53. The minimum atomic E-state index is 0.658. The van der Waals surface area contributed by atoms with Crippen LogP contribution in [0.25, 0.3) is 22.2 Å². The Bertz CT molecular complexity index is 1030. The Morgan fingerprint density at radius 2 is 1.62 bits per heavy atom. The lowest BCUT2D eigenvalue weighted by Gasteiger charge is -2.01. The lowest BCUT2D eigenvalue weighted by Crippen LogP contribution is -1.87. The van der Waals surface area contributed by atoms with Crippen LogP contribution < -0.4 is 4.74 Å². The van der Waals surface area contributed by atoms with E-state index in [-0.39, 0.29) is 0 Å². The number of aliphatic imine (C=N–C) groups is 1. The number of methoxy groups -OCH3 is 1. The van der Waals surface area contributed by atoms with Crippen LogP contribution in [0.4, 0.5) is 0 Å². The Balaban J connectivity index is 1.81. The van der Waals surface area contributed by atoms with E-state index in [0.717, 1.165) is 33.5 Å². The Morgan fingerprint density at radius 3 is 2.35 bits per heavy atom. The molecule has 4 rings (SSSR count). The van der Waals surface area contributed by atoms with Gasteiger partial charge in [-0.2, -0.15) is 0 Å². The van der Waals surface area contributed by atoms with Crippen molar-refractivity contribution in [1.82, 2.24) is 4.98 Å². The summed E-state index contributed by atoms with van der Waals surface area (Å²) in [5, 5.41) is 1.11. The van der Waals surface area contributed by atoms with Gasteiger partial charge in [0, 0.05) is 17.2 Å². The SMILES string of the molecule is COc1cccc2c(C=NCc3ccccc3)c(-c3ccccc3)[nH]c12. The number of ether oxygens (including phenoxy) is 1. The number of nitrogens with one attached hydrogen (secondary N) is 1. The van der Waals surface area contributed by atoms with Gasteiger partial charge < -0.3 is 9.72 Å². The van der Waals surface area contributed by atoms with Crippen LogP contribution in [0.15, 0.2) is 83.9 Å². The Morgan fingerprint density at radius 1 is 0.885 bits per heavy atom. The van der Waals surface area contributed by atoms with Gasteiger partial charge in [0.15, 0.2) is 0 Å². The zero-order chi connectivity index (χ0) is 17.8. The number of aromatic amines is 1. The molecule has 0 aliphatic heterocycles. The monoisotopic (exact) mass is 340 g/mol. The molecule has 3 nitrogen and oxygen atoms in total. The summed E-state index contributed by atoms with van der Waals surface area (Å²) in [4.78, 5) is 8.22. The molecule has 0 aliphatic rings. The van der Waals surface area contributed by atoms with Gasteiger partial charge in [-0.25, -0.2) is 0 Å². The molecule has 0 fully saturated rings. The predicted octanol–water partition coefficient (Wildman–Crippen LogP) is 5.46. The van der Waals surface area contributed by atoms with Crippen LogP contribution in [0.2, 0.25) is 0 Å². The van der Waals surface area contributed by atoms with Crippen molar-refractivity contribution in [1.29, 1.82) is 0 Å². The second-order valence-electron chi connectivity index (χ2n) is 6.12. The highest BCUT2D eigenvalue weighted by atomic mass is 16.5. The third kappa shape index (κ3) is 3.11. The van der Waals surface area contributed by atoms with Gasteiger partial charge in [0.05, 0.1) is 24.9 Å². The molecule has 0 bridgehead atoms. The van der Waals surface area contributed by atoms with Gasteiger partial charge in [0.2, 0.25) is 0 Å². The number of nitrogens with zero attached hydrogens (tertiary/aromatic N) is 1. The first-order valence-corrected chi connectivity index (χ1v) is 8.64. The molecule has 128 valence electrons. The number of para-hydroxylation sites is 1. The van der Waals surface area contributed by atoms with Crippen molar-refractivity contribution in [3.05, 3.63) is 90.0 Å². The van der Waals surface area contributed by atoms with Gasteiger partial charge in [-0.15, -0.1) is 0 Å². The fourth-order valence-electron chi connectivity index (χ4n) is 3.17. The van der Waals surface area contributed by atoms with Gasteiger partial charge >= 0.3 is 0 Å². The summed E-state index contributed by atoms with van der Waals surface area (Å²) in [5.41, 5.74) is 5.47. The minimum absolute atomic E-state index is 0.658. The third-order valence-corrected chi connectivity index (χ3v) is 4.46. The van der Waals surface area contributed by atoms with Crippen LogP contribution in [0.3, 0.4) is 0 Å². The summed E-state index contributed by atoms with van der Waals surface area (Å²) in [6.07, 6.45) is 1.97. The van der Waals surface area contributed by atoms with Crippen LogP contribution in [-0.4, -0.2) is 18.3 Å². The normalized spacial score (nSPS) is 11.3. The summed E-state index contributed by atoms with van der Waals surface area (Å²) in [7, 11) is 1.70. The first-order chi connectivity index (χ1) is 12.9. The smallest absolute Gasteiger partial charge is 0.142 e. The molecular formula is C23H20N2O. The van der Waals surface area contributed by atoms with Crippen molar-refractivity contribution < 1.29 is 4.74 Å². The number of hydrogen-bond donors (Lipinski definition) is 1. The van der Waals surface area contributed by atoms with Crippen molar-refractivity contribution >= 4 is 17.1 Å². The highest BCUT2D eigenvalue weighted by Crippen LogP contribution is 2.33. The van der Waals surface area contributed by atoms with Crippen molar-refractivity contribution in [2.75, 3.05) is 7.11 Å². The topological polar surface area (TPSA) is 37.4 Å². The summed E-state index contributed by atoms with van der Waals surface area (Å²) in [6.45, 7) is 0.658. The molecule has 3 aromatic carbocycles. The van der Waals surface area contributed by atoms with E-state index in [2.05, 4.69) is 35.3 Å². The number of H-pyrrole nitrogens is 1. The quantitative estimate of drug-likeness (QED) is 0.481. The van der Waals surface area contributed by atoms with Crippen molar-refractivity contribution in [2.24, 2.45) is 4.99 Å². The lowest BCUT2D eigenvalue weighted by atomic mass is 10.1. The molecule has 0 spiro atoms. The van der Waals surface area contributed by atoms with Gasteiger partial charge in [-0.3, -0.25) is 4.99 Å². The Hall–Kier alpha value is -3.33. The highest BCUT2D eigenvalue weighted by molar-refractivity contribution is 6.07. The predicted molar refractivity (Wildman–Crippen MR) is 108 cm³/mol. The minimum Gasteiger partial charge on any atom is -0.495 e. The number of hydrogen-bond acceptors (Lipinski definition) is 2. The Labute approximate surface area is 153 Å². The fraction of sp³-hybridized carbons (Fsp3) is 0.0870. The number of fused-ring (bicyclic) bond motifs is 1. The van der Waals surface area contributed by atoms with E-state index in [1.165, 1.54) is 5.56 Å². The van der Waals surface area contributed by atoms with E-state index in [1.807, 2.05) is 54.7 Å². The molecule has 0 saturated heterocycles. The van der Waals surface area contributed by atoms with Crippen LogP contribution >= 0.6 is 0 Å². The second kappa shape index (κ2) is 7.28. The number of rotatable bonds is 5. The van der Waals surface area contributed by atoms with E-state index in [4.69, 9.17) is 9.73 Å². The second-order valence-corrected chi connectivity index (χ2v) is 6.12. The molecule has 1 N–H and O–H groups in total. The van der Waals surface area contributed by atoms with E-state index >= 15 is 0 Å². The molecule has 0 atom stereocenters. The first-order valence-electron chi connectivity index (χ1n) is 8.64. The molecule has 3 heteroatoms. The fourth-order valence-corrected chi connectivity index (χ4v) is 3.17. The van der Waals surface area contributed by atoms with E-state index < -0.39 is 0 Å². The maximum Gasteiger partial charge on any atom is 0.142 e. The van der Waals surface area contributed by atoms with Crippen LogP contribution in [-0.2, 0) is 6.54 Å². The van der Waals surface area contributed by atoms with E-state index in [0.29, 0.717) is 6.54 Å². The third-order valence-electron chi connectivity index (χ3n) is 4.46. The summed E-state index contributed by atoms with van der Waals surface area (Å²) in [5.74, 6) is 0.836. The average Bonchev–Trinajstić information content (AvgIpc) is 3.08. The zero-order valence-electron chi connectivity index (χ0n) is 14.6. The van der Waals surface area contributed by atoms with Crippen LogP contribution in [0, 0.1) is 0 Å². The molecule has 1 heterocycles. The van der Waals surface area contributed by atoms with Crippen LogP contribution in [0.5, 0.6) is 5.75 Å². The molecule has 0 saturated carbocycles. The average molecular weight is 340 g/mol. The summed E-state index contributed by atoms with van der Waals surface area (Å²) >= 11 is 0.